The number of ether oxygens (including phenoxy) is 1. The molecule has 2 rings (SSSR count). The first kappa shape index (κ1) is 10.7. The van der Waals surface area contributed by atoms with E-state index in [4.69, 9.17) is 22.1 Å². The van der Waals surface area contributed by atoms with E-state index in [2.05, 4.69) is 4.98 Å². The molecule has 0 amide bonds. The average Bonchev–Trinajstić information content (AvgIpc) is 2.26. The summed E-state index contributed by atoms with van der Waals surface area (Å²) in [5.74, 6) is 0.129. The lowest BCUT2D eigenvalue weighted by Gasteiger charge is -2.08. The number of para-hydroxylation sites is 1. The number of hydrogen-bond donors (Lipinski definition) is 1. The van der Waals surface area contributed by atoms with Crippen LogP contribution >= 0.6 is 11.6 Å². The Morgan fingerprint density at radius 2 is 2.06 bits per heavy atom. The fourth-order valence-electron chi connectivity index (χ4n) is 1.16. The number of hydrogen-bond acceptors (Lipinski definition) is 3. The van der Waals surface area contributed by atoms with Gasteiger partial charge in [-0.1, -0.05) is 17.7 Å². The highest BCUT2D eigenvalue weighted by atomic mass is 35.5. The third-order valence-electron chi connectivity index (χ3n) is 1.90. The Morgan fingerprint density at radius 1 is 1.25 bits per heavy atom. The molecule has 0 atom stereocenters. The van der Waals surface area contributed by atoms with Gasteiger partial charge in [-0.25, -0.2) is 9.37 Å². The molecule has 0 aliphatic heterocycles. The second-order valence-corrected chi connectivity index (χ2v) is 3.48. The van der Waals surface area contributed by atoms with Gasteiger partial charge in [0.1, 0.15) is 5.82 Å². The van der Waals surface area contributed by atoms with Crippen LogP contribution in [0.1, 0.15) is 0 Å². The zero-order chi connectivity index (χ0) is 11.5. The summed E-state index contributed by atoms with van der Waals surface area (Å²) in [6.07, 6.45) is 1.06. The molecule has 0 radical (unpaired) electrons. The maximum Gasteiger partial charge on any atom is 0.219 e. The first-order valence-electron chi connectivity index (χ1n) is 4.50. The van der Waals surface area contributed by atoms with E-state index in [0.717, 1.165) is 6.20 Å². The molecule has 1 aromatic heterocycles. The third kappa shape index (κ3) is 2.23. The Bertz CT molecular complexity index is 482. The molecule has 0 spiro atoms. The van der Waals surface area contributed by atoms with E-state index in [-0.39, 0.29) is 5.88 Å². The molecular weight excluding hydrogens is 231 g/mol. The molecule has 2 N–H and O–H groups in total. The van der Waals surface area contributed by atoms with E-state index in [9.17, 15) is 4.39 Å². The van der Waals surface area contributed by atoms with E-state index in [0.29, 0.717) is 16.5 Å². The molecule has 0 aliphatic rings. The van der Waals surface area contributed by atoms with Crippen LogP contribution in [0.5, 0.6) is 11.6 Å². The van der Waals surface area contributed by atoms with Crippen molar-refractivity contribution in [3.63, 3.8) is 0 Å². The van der Waals surface area contributed by atoms with E-state index < -0.39 is 5.82 Å². The molecule has 5 heteroatoms. The monoisotopic (exact) mass is 238 g/mol. The van der Waals surface area contributed by atoms with E-state index >= 15 is 0 Å². The van der Waals surface area contributed by atoms with Crippen LogP contribution in [0.3, 0.4) is 0 Å². The van der Waals surface area contributed by atoms with E-state index in [1.54, 1.807) is 18.2 Å². The lowest BCUT2D eigenvalue weighted by atomic mass is 10.3. The summed E-state index contributed by atoms with van der Waals surface area (Å²) >= 11 is 5.90. The van der Waals surface area contributed by atoms with Crippen LogP contribution in [0.15, 0.2) is 36.5 Å². The molecular formula is C11H8ClFN2O. The summed E-state index contributed by atoms with van der Waals surface area (Å²) in [5, 5.41) is 0.381. The Morgan fingerprint density at radius 3 is 2.69 bits per heavy atom. The summed E-state index contributed by atoms with van der Waals surface area (Å²) in [6.45, 7) is 0. The average molecular weight is 239 g/mol. The molecule has 1 aromatic carbocycles. The van der Waals surface area contributed by atoms with Gasteiger partial charge in [-0.15, -0.1) is 0 Å². The van der Waals surface area contributed by atoms with Gasteiger partial charge in [0.2, 0.25) is 5.88 Å². The Hall–Kier alpha value is -1.81. The minimum atomic E-state index is -0.431. The standard InChI is InChI=1S/C11H8ClFN2O/c12-8-2-1-3-9(14)11(8)16-10-5-4-7(13)6-15-10/h1-6H,14H2. The van der Waals surface area contributed by atoms with Gasteiger partial charge >= 0.3 is 0 Å². The zero-order valence-electron chi connectivity index (χ0n) is 8.15. The Kier molecular flexibility index (Phi) is 2.92. The first-order chi connectivity index (χ1) is 7.66. The van der Waals surface area contributed by atoms with Crippen molar-refractivity contribution >= 4 is 17.3 Å². The number of benzene rings is 1. The molecule has 82 valence electrons. The highest BCUT2D eigenvalue weighted by molar-refractivity contribution is 6.32. The topological polar surface area (TPSA) is 48.1 Å². The van der Waals surface area contributed by atoms with Crippen molar-refractivity contribution in [1.82, 2.24) is 4.98 Å². The van der Waals surface area contributed by atoms with Crippen LogP contribution in [0, 0.1) is 5.82 Å². The van der Waals surface area contributed by atoms with Crippen molar-refractivity contribution in [3.8, 4) is 11.6 Å². The maximum absolute atomic E-state index is 12.6. The van der Waals surface area contributed by atoms with Gasteiger partial charge < -0.3 is 10.5 Å². The minimum absolute atomic E-state index is 0.237. The largest absolute Gasteiger partial charge is 0.435 e. The minimum Gasteiger partial charge on any atom is -0.435 e. The predicted octanol–water partition coefficient (Wildman–Crippen LogP) is 3.25. The van der Waals surface area contributed by atoms with Crippen LogP contribution in [0.2, 0.25) is 5.02 Å². The number of nitrogens with zero attached hydrogens (tertiary/aromatic N) is 1. The van der Waals surface area contributed by atoms with E-state index in [1.165, 1.54) is 12.1 Å². The smallest absolute Gasteiger partial charge is 0.219 e. The van der Waals surface area contributed by atoms with Crippen LogP contribution < -0.4 is 10.5 Å². The second-order valence-electron chi connectivity index (χ2n) is 3.07. The highest BCUT2D eigenvalue weighted by Gasteiger charge is 2.07. The van der Waals surface area contributed by atoms with Crippen LogP contribution in [-0.2, 0) is 0 Å². The molecule has 0 saturated heterocycles. The molecule has 0 fully saturated rings. The number of aromatic nitrogens is 1. The molecule has 0 bridgehead atoms. The zero-order valence-corrected chi connectivity index (χ0v) is 8.91. The molecule has 3 nitrogen and oxygen atoms in total. The summed E-state index contributed by atoms with van der Waals surface area (Å²) in [5.41, 5.74) is 6.09. The molecule has 1 heterocycles. The van der Waals surface area contributed by atoms with Crippen molar-refractivity contribution < 1.29 is 9.13 Å². The van der Waals surface area contributed by atoms with Gasteiger partial charge in [0.05, 0.1) is 16.9 Å². The molecule has 0 unspecified atom stereocenters. The quantitative estimate of drug-likeness (QED) is 0.817. The number of pyridine rings is 1. The number of rotatable bonds is 2. The van der Waals surface area contributed by atoms with Crippen molar-refractivity contribution in [3.05, 3.63) is 47.4 Å². The molecule has 0 aliphatic carbocycles. The summed E-state index contributed by atoms with van der Waals surface area (Å²) in [7, 11) is 0. The van der Waals surface area contributed by atoms with Crippen LogP contribution in [0.4, 0.5) is 10.1 Å². The molecule has 0 saturated carbocycles. The normalized spacial score (nSPS) is 10.1. The summed E-state index contributed by atoms with van der Waals surface area (Å²) < 4.78 is 18.0. The summed E-state index contributed by atoms with van der Waals surface area (Å²) in [6, 6.07) is 7.66. The number of anilines is 1. The number of halogens is 2. The van der Waals surface area contributed by atoms with Gasteiger partial charge in [0.25, 0.3) is 0 Å². The Labute approximate surface area is 96.6 Å². The highest BCUT2D eigenvalue weighted by Crippen LogP contribution is 2.33. The fraction of sp³-hybridized carbons (Fsp3) is 0. The second kappa shape index (κ2) is 4.37. The molecule has 2 aromatic rings. The van der Waals surface area contributed by atoms with Crippen molar-refractivity contribution in [1.29, 1.82) is 0 Å². The lowest BCUT2D eigenvalue weighted by Crippen LogP contribution is -1.94. The van der Waals surface area contributed by atoms with Crippen molar-refractivity contribution in [2.45, 2.75) is 0 Å². The number of nitrogen functional groups attached to an aromatic ring is 1. The van der Waals surface area contributed by atoms with Gasteiger partial charge in [0, 0.05) is 6.07 Å². The van der Waals surface area contributed by atoms with Crippen LogP contribution in [-0.4, -0.2) is 4.98 Å². The summed E-state index contributed by atoms with van der Waals surface area (Å²) in [4.78, 5) is 3.74. The first-order valence-corrected chi connectivity index (χ1v) is 4.88. The van der Waals surface area contributed by atoms with E-state index in [1.807, 2.05) is 0 Å². The number of nitrogens with two attached hydrogens (primary N) is 1. The molecule has 16 heavy (non-hydrogen) atoms. The van der Waals surface area contributed by atoms with Gasteiger partial charge in [-0.3, -0.25) is 0 Å². The van der Waals surface area contributed by atoms with Crippen LogP contribution in [0.25, 0.3) is 0 Å². The van der Waals surface area contributed by atoms with Gasteiger partial charge in [-0.2, -0.15) is 0 Å². The SMILES string of the molecule is Nc1cccc(Cl)c1Oc1ccc(F)cn1. The third-order valence-corrected chi connectivity index (χ3v) is 2.20. The van der Waals surface area contributed by atoms with Crippen molar-refractivity contribution in [2.75, 3.05) is 5.73 Å². The lowest BCUT2D eigenvalue weighted by molar-refractivity contribution is 0.461. The predicted molar refractivity (Wildman–Crippen MR) is 60.1 cm³/mol. The maximum atomic E-state index is 12.6. The van der Waals surface area contributed by atoms with Crippen molar-refractivity contribution in [2.24, 2.45) is 0 Å². The fourth-order valence-corrected chi connectivity index (χ4v) is 1.38. The van der Waals surface area contributed by atoms with Gasteiger partial charge in [0.15, 0.2) is 5.75 Å². The van der Waals surface area contributed by atoms with Gasteiger partial charge in [-0.05, 0) is 18.2 Å². The Balaban J connectivity index is 2.30.